The van der Waals surface area contributed by atoms with E-state index in [0.29, 0.717) is 19.3 Å². The highest BCUT2D eigenvalue weighted by molar-refractivity contribution is 5.71. The van der Waals surface area contributed by atoms with Gasteiger partial charge in [-0.25, -0.2) is 0 Å². The average Bonchev–Trinajstić information content (AvgIpc) is 3.23. The number of carbonyl (C=O) groups is 3. The Morgan fingerprint density at radius 2 is 0.593 bits per heavy atom. The summed E-state index contributed by atoms with van der Waals surface area (Å²) in [6.45, 7) is 9.00. The van der Waals surface area contributed by atoms with Gasteiger partial charge in [0.1, 0.15) is 13.2 Å². The number of hydrogen-bond acceptors (Lipinski definition) is 6. The molecule has 0 radical (unpaired) electrons. The van der Waals surface area contributed by atoms with Crippen molar-refractivity contribution in [3.8, 4) is 0 Å². The lowest BCUT2D eigenvalue weighted by Gasteiger charge is -2.18. The Labute approximate surface area is 368 Å². The minimum atomic E-state index is -0.758. The minimum Gasteiger partial charge on any atom is -0.462 e. The summed E-state index contributed by atoms with van der Waals surface area (Å²) >= 11 is 0. The van der Waals surface area contributed by atoms with E-state index in [1.54, 1.807) is 0 Å². The molecule has 0 aromatic carbocycles. The fraction of sp³-hybridized carbons (Fsp3) is 0.943. The molecule has 59 heavy (non-hydrogen) atoms. The zero-order valence-corrected chi connectivity index (χ0v) is 40.2. The van der Waals surface area contributed by atoms with E-state index >= 15 is 0 Å². The third kappa shape index (κ3) is 45.8. The predicted molar refractivity (Wildman–Crippen MR) is 252 cm³/mol. The molecular formula is C53H102O6. The van der Waals surface area contributed by atoms with Crippen LogP contribution in [0.1, 0.15) is 297 Å². The van der Waals surface area contributed by atoms with Crippen LogP contribution in [-0.4, -0.2) is 37.2 Å². The summed E-state index contributed by atoms with van der Waals surface area (Å²) in [7, 11) is 0. The van der Waals surface area contributed by atoms with E-state index in [1.165, 1.54) is 186 Å². The van der Waals surface area contributed by atoms with E-state index in [2.05, 4.69) is 27.7 Å². The Morgan fingerprint density at radius 1 is 0.339 bits per heavy atom. The van der Waals surface area contributed by atoms with Crippen LogP contribution in [0.2, 0.25) is 0 Å². The molecule has 0 rings (SSSR count). The van der Waals surface area contributed by atoms with Crippen LogP contribution in [0.4, 0.5) is 0 Å². The van der Waals surface area contributed by atoms with Crippen LogP contribution in [-0.2, 0) is 28.6 Å². The van der Waals surface area contributed by atoms with E-state index in [0.717, 1.165) is 70.1 Å². The number of rotatable bonds is 48. The maximum Gasteiger partial charge on any atom is 0.306 e. The molecule has 1 unspecified atom stereocenters. The normalized spacial score (nSPS) is 12.4. The molecule has 0 bridgehead atoms. The zero-order chi connectivity index (χ0) is 43.1. The molecule has 0 aliphatic rings. The summed E-state index contributed by atoms with van der Waals surface area (Å²) < 4.78 is 16.7. The van der Waals surface area contributed by atoms with Gasteiger partial charge in [0.2, 0.25) is 0 Å². The Morgan fingerprint density at radius 3 is 0.881 bits per heavy atom. The van der Waals surface area contributed by atoms with Crippen molar-refractivity contribution in [3.63, 3.8) is 0 Å². The maximum atomic E-state index is 12.7. The van der Waals surface area contributed by atoms with Crippen LogP contribution < -0.4 is 0 Å². The molecular weight excluding hydrogens is 733 g/mol. The van der Waals surface area contributed by atoms with E-state index in [4.69, 9.17) is 14.2 Å². The van der Waals surface area contributed by atoms with Crippen molar-refractivity contribution in [2.24, 2.45) is 5.92 Å². The van der Waals surface area contributed by atoms with E-state index in [1.807, 2.05) is 0 Å². The molecule has 0 N–H and O–H groups in total. The molecule has 0 fully saturated rings. The highest BCUT2D eigenvalue weighted by Crippen LogP contribution is 2.18. The van der Waals surface area contributed by atoms with Gasteiger partial charge in [0.05, 0.1) is 0 Å². The number of unbranched alkanes of at least 4 members (excludes halogenated alkanes) is 34. The summed E-state index contributed by atoms with van der Waals surface area (Å²) in [5, 5.41) is 0. The van der Waals surface area contributed by atoms with Crippen molar-refractivity contribution >= 4 is 17.9 Å². The lowest BCUT2D eigenvalue weighted by Crippen LogP contribution is -2.30. The van der Waals surface area contributed by atoms with Crippen LogP contribution in [0, 0.1) is 5.92 Å². The first-order chi connectivity index (χ1) is 28.9. The molecule has 6 nitrogen and oxygen atoms in total. The van der Waals surface area contributed by atoms with Gasteiger partial charge < -0.3 is 14.2 Å². The van der Waals surface area contributed by atoms with Gasteiger partial charge in [0.25, 0.3) is 0 Å². The molecule has 0 spiro atoms. The van der Waals surface area contributed by atoms with Gasteiger partial charge in [-0.2, -0.15) is 0 Å². The van der Waals surface area contributed by atoms with E-state index in [9.17, 15) is 14.4 Å². The summed E-state index contributed by atoms with van der Waals surface area (Å²) in [5.74, 6) is 0.0508. The van der Waals surface area contributed by atoms with Gasteiger partial charge in [-0.05, 0) is 25.2 Å². The van der Waals surface area contributed by atoms with Gasteiger partial charge in [-0.15, -0.1) is 0 Å². The molecule has 0 amide bonds. The maximum absolute atomic E-state index is 12.7. The Bertz CT molecular complexity index is 889. The lowest BCUT2D eigenvalue weighted by atomic mass is 9.99. The topological polar surface area (TPSA) is 78.9 Å². The highest BCUT2D eigenvalue weighted by atomic mass is 16.6. The van der Waals surface area contributed by atoms with Crippen molar-refractivity contribution < 1.29 is 28.6 Å². The van der Waals surface area contributed by atoms with E-state index in [-0.39, 0.29) is 31.1 Å². The molecule has 6 heteroatoms. The predicted octanol–water partition coefficient (Wildman–Crippen LogP) is 17.1. The first-order valence-electron chi connectivity index (χ1n) is 26.4. The lowest BCUT2D eigenvalue weighted by molar-refractivity contribution is -0.167. The second-order valence-corrected chi connectivity index (χ2v) is 18.4. The van der Waals surface area contributed by atoms with Crippen molar-refractivity contribution in [3.05, 3.63) is 0 Å². The Kier molecular flexibility index (Phi) is 46.2. The van der Waals surface area contributed by atoms with Gasteiger partial charge in [-0.3, -0.25) is 14.4 Å². The Balaban J connectivity index is 4.06. The van der Waals surface area contributed by atoms with Crippen molar-refractivity contribution in [2.45, 2.75) is 303 Å². The van der Waals surface area contributed by atoms with Crippen molar-refractivity contribution in [1.82, 2.24) is 0 Å². The average molecular weight is 835 g/mol. The molecule has 0 aromatic rings. The fourth-order valence-electron chi connectivity index (χ4n) is 8.01. The van der Waals surface area contributed by atoms with Crippen molar-refractivity contribution in [2.75, 3.05) is 13.2 Å². The first kappa shape index (κ1) is 57.4. The summed E-state index contributed by atoms with van der Waals surface area (Å²) in [5.41, 5.74) is 0. The quantitative estimate of drug-likeness (QED) is 0.0345. The second kappa shape index (κ2) is 47.5. The monoisotopic (exact) mass is 835 g/mol. The van der Waals surface area contributed by atoms with Gasteiger partial charge in [-0.1, -0.05) is 259 Å². The molecule has 0 aliphatic heterocycles. The molecule has 350 valence electrons. The SMILES string of the molecule is CCCCCCCCCCCCCCCCC(=O)OC[C@H](COC(=O)CCCCCCC)OC(=O)CCCCCCCCCCCCCCCCCCCCC(C)CC. The van der Waals surface area contributed by atoms with Crippen LogP contribution in [0.3, 0.4) is 0 Å². The number of ether oxygens (including phenoxy) is 3. The number of carbonyl (C=O) groups excluding carboxylic acids is 3. The highest BCUT2D eigenvalue weighted by Gasteiger charge is 2.19. The van der Waals surface area contributed by atoms with Crippen molar-refractivity contribution in [1.29, 1.82) is 0 Å². The van der Waals surface area contributed by atoms with E-state index < -0.39 is 6.10 Å². The Hall–Kier alpha value is -1.59. The number of esters is 3. The number of hydrogen-bond donors (Lipinski definition) is 0. The summed E-state index contributed by atoms with van der Waals surface area (Å²) in [6.07, 6.45) is 49.8. The summed E-state index contributed by atoms with van der Waals surface area (Å²) in [4.78, 5) is 37.6. The molecule has 0 heterocycles. The zero-order valence-electron chi connectivity index (χ0n) is 40.2. The van der Waals surface area contributed by atoms with Gasteiger partial charge in [0.15, 0.2) is 6.10 Å². The largest absolute Gasteiger partial charge is 0.462 e. The smallest absolute Gasteiger partial charge is 0.306 e. The minimum absolute atomic E-state index is 0.0637. The van der Waals surface area contributed by atoms with Crippen LogP contribution in [0.5, 0.6) is 0 Å². The molecule has 0 saturated carbocycles. The van der Waals surface area contributed by atoms with Gasteiger partial charge >= 0.3 is 17.9 Å². The summed E-state index contributed by atoms with van der Waals surface area (Å²) in [6, 6.07) is 0. The first-order valence-corrected chi connectivity index (χ1v) is 26.4. The van der Waals surface area contributed by atoms with Crippen LogP contribution in [0.15, 0.2) is 0 Å². The second-order valence-electron chi connectivity index (χ2n) is 18.4. The van der Waals surface area contributed by atoms with Crippen LogP contribution in [0.25, 0.3) is 0 Å². The molecule has 0 aromatic heterocycles. The standard InChI is InChI=1S/C53H102O6/c1-5-8-10-12-13-14-15-16-24-27-30-33-37-41-45-52(55)58-48-50(47-57-51(54)44-40-35-11-9-6-2)59-53(56)46-42-38-34-31-28-25-22-20-18-17-19-21-23-26-29-32-36-39-43-49(4)7-3/h49-50H,5-48H2,1-4H3/t49?,50-/m0/s1. The molecule has 2 atom stereocenters. The van der Waals surface area contributed by atoms with Gasteiger partial charge in [0, 0.05) is 19.3 Å². The van der Waals surface area contributed by atoms with Crippen LogP contribution >= 0.6 is 0 Å². The molecule has 0 saturated heterocycles. The third-order valence-electron chi connectivity index (χ3n) is 12.4. The fourth-order valence-corrected chi connectivity index (χ4v) is 8.01. The third-order valence-corrected chi connectivity index (χ3v) is 12.4. The molecule has 0 aliphatic carbocycles.